The summed E-state index contributed by atoms with van der Waals surface area (Å²) in [4.78, 5) is 8.35. The molecular weight excluding hydrogens is 198 g/mol. The summed E-state index contributed by atoms with van der Waals surface area (Å²) >= 11 is 0. The molecule has 0 aromatic heterocycles. The van der Waals surface area contributed by atoms with E-state index in [1.807, 2.05) is 0 Å². The average molecular weight is 219 g/mol. The maximum absolute atomic E-state index is 8.35. The molecule has 0 bridgehead atoms. The molecule has 0 aromatic carbocycles. The molecule has 0 spiro atoms. The molecule has 0 rings (SSSR count). The van der Waals surface area contributed by atoms with Crippen LogP contribution in [0.3, 0.4) is 0 Å². The van der Waals surface area contributed by atoms with Crippen molar-refractivity contribution in [3.05, 3.63) is 0 Å². The van der Waals surface area contributed by atoms with Crippen molar-refractivity contribution in [1.82, 2.24) is 0 Å². The summed E-state index contributed by atoms with van der Waals surface area (Å²) in [6, 6.07) is 1.11. The van der Waals surface area contributed by atoms with Crippen LogP contribution in [0, 0.1) is 10.8 Å². The van der Waals surface area contributed by atoms with E-state index in [-0.39, 0.29) is 0 Å². The summed E-state index contributed by atoms with van der Waals surface area (Å²) in [6.45, 7) is 6.72. The maximum atomic E-state index is 8.35. The molecule has 0 saturated carbocycles. The van der Waals surface area contributed by atoms with Gasteiger partial charge in [0.15, 0.2) is 0 Å². The van der Waals surface area contributed by atoms with E-state index >= 15 is 0 Å². The fourth-order valence-electron chi connectivity index (χ4n) is 0.883. The minimum Gasteiger partial charge on any atom is -0.400 e. The van der Waals surface area contributed by atoms with E-state index < -0.39 is 9.28 Å². The zero-order chi connectivity index (χ0) is 11.6. The van der Waals surface area contributed by atoms with E-state index in [2.05, 4.69) is 20.8 Å². The summed E-state index contributed by atoms with van der Waals surface area (Å²) < 4.78 is 10.4. The van der Waals surface area contributed by atoms with Gasteiger partial charge in [-0.25, -0.2) is 10.2 Å². The molecule has 0 aliphatic heterocycles. The second kappa shape index (κ2) is 9.09. The van der Waals surface area contributed by atoms with Gasteiger partial charge in [0.2, 0.25) is 6.08 Å². The van der Waals surface area contributed by atoms with Crippen molar-refractivity contribution in [2.45, 2.75) is 33.2 Å². The third-order valence-electron chi connectivity index (χ3n) is 1.66. The zero-order valence-corrected chi connectivity index (χ0v) is 10.9. The molecule has 0 aromatic rings. The highest BCUT2D eigenvalue weighted by molar-refractivity contribution is 6.44. The molecule has 0 heterocycles. The lowest BCUT2D eigenvalue weighted by atomic mass is 9.94. The van der Waals surface area contributed by atoms with Crippen LogP contribution in [0.1, 0.15) is 27.2 Å². The predicted molar refractivity (Wildman–Crippen MR) is 58.5 cm³/mol. The van der Waals surface area contributed by atoms with E-state index in [9.17, 15) is 0 Å². The van der Waals surface area contributed by atoms with Crippen molar-refractivity contribution in [2.24, 2.45) is 5.41 Å². The molecule has 0 atom stereocenters. The fourth-order valence-corrected chi connectivity index (χ4v) is 2.65. The summed E-state index contributed by atoms with van der Waals surface area (Å²) in [5.41, 5.74) is 0.405. The highest BCUT2D eigenvalue weighted by Gasteiger charge is 2.16. The Morgan fingerprint density at radius 3 is 1.86 bits per heavy atom. The number of carbonyl (C=O) groups excluding carboxylic acids is 1. The van der Waals surface area contributed by atoms with E-state index in [0.717, 1.165) is 12.1 Å². The molecule has 0 amide bonds. The first-order chi connectivity index (χ1) is 6.41. The minimum atomic E-state index is -1.29. The van der Waals surface area contributed by atoms with Gasteiger partial charge in [0.05, 0.1) is 0 Å². The normalized spacial score (nSPS) is 10.4. The van der Waals surface area contributed by atoms with Crippen molar-refractivity contribution in [3.8, 4) is 0 Å². The van der Waals surface area contributed by atoms with Gasteiger partial charge in [-0.05, 0) is 17.9 Å². The van der Waals surface area contributed by atoms with Crippen LogP contribution in [-0.4, -0.2) is 29.6 Å². The first-order valence-corrected chi connectivity index (χ1v) is 6.26. The van der Waals surface area contributed by atoms with E-state index in [0.29, 0.717) is 5.41 Å². The molecular formula is C9H21NO3Si. The van der Waals surface area contributed by atoms with Crippen LogP contribution < -0.4 is 0 Å². The molecule has 1 N–H and O–H groups in total. The molecule has 5 heteroatoms. The Morgan fingerprint density at radius 1 is 1.29 bits per heavy atom. The number of rotatable bonds is 4. The van der Waals surface area contributed by atoms with Gasteiger partial charge in [-0.15, -0.1) is 0 Å². The van der Waals surface area contributed by atoms with Crippen LogP contribution in [0.25, 0.3) is 0 Å². The largest absolute Gasteiger partial charge is 0.400 e. The van der Waals surface area contributed by atoms with E-state index in [4.69, 9.17) is 19.1 Å². The Labute approximate surface area is 88.0 Å². The average Bonchev–Trinajstić information content (AvgIpc) is 2.05. The molecule has 0 fully saturated rings. The van der Waals surface area contributed by atoms with Crippen LogP contribution in [-0.2, 0) is 13.6 Å². The van der Waals surface area contributed by atoms with Gasteiger partial charge >= 0.3 is 9.28 Å². The summed E-state index contributed by atoms with van der Waals surface area (Å²) in [6.07, 6.45) is 1.94. The van der Waals surface area contributed by atoms with Crippen molar-refractivity contribution >= 4 is 15.4 Å². The standard InChI is InChI=1S/C8H20O2Si.CHNO/c1-8(2,3)6-7-11(9-4)10-5;2-1-3/h11H,6-7H2,1-5H3;2H. The fraction of sp³-hybridized carbons (Fsp3) is 0.889. The predicted octanol–water partition coefficient (Wildman–Crippen LogP) is 1.84. The molecule has 4 nitrogen and oxygen atoms in total. The quantitative estimate of drug-likeness (QED) is 0.446. The molecule has 0 radical (unpaired) electrons. The molecule has 0 aliphatic carbocycles. The second-order valence-corrected chi connectivity index (χ2v) is 6.48. The third kappa shape index (κ3) is 14.1. The molecule has 0 saturated heterocycles. The van der Waals surface area contributed by atoms with E-state index in [1.54, 1.807) is 14.2 Å². The SMILES string of the molecule is CO[SiH](CCC(C)(C)C)OC.N=C=O. The van der Waals surface area contributed by atoms with Gasteiger partial charge in [-0.2, -0.15) is 0 Å². The lowest BCUT2D eigenvalue weighted by molar-refractivity contribution is 0.267. The van der Waals surface area contributed by atoms with Crippen LogP contribution in [0.15, 0.2) is 0 Å². The Balaban J connectivity index is 0. The monoisotopic (exact) mass is 219 g/mol. The minimum absolute atomic E-state index is 0.405. The van der Waals surface area contributed by atoms with Crippen molar-refractivity contribution < 1.29 is 13.6 Å². The van der Waals surface area contributed by atoms with E-state index in [1.165, 1.54) is 6.42 Å². The van der Waals surface area contributed by atoms with Crippen LogP contribution in [0.5, 0.6) is 0 Å². The van der Waals surface area contributed by atoms with Gasteiger partial charge < -0.3 is 8.85 Å². The topological polar surface area (TPSA) is 59.4 Å². The third-order valence-corrected chi connectivity index (χ3v) is 3.47. The number of hydrogen-bond donors (Lipinski definition) is 1. The van der Waals surface area contributed by atoms with Gasteiger partial charge in [0, 0.05) is 14.2 Å². The highest BCUT2D eigenvalue weighted by atomic mass is 28.3. The first-order valence-electron chi connectivity index (χ1n) is 4.50. The van der Waals surface area contributed by atoms with Crippen molar-refractivity contribution in [1.29, 1.82) is 5.41 Å². The van der Waals surface area contributed by atoms with Gasteiger partial charge in [0.25, 0.3) is 0 Å². The summed E-state index contributed by atoms with van der Waals surface area (Å²) in [5, 5.41) is 5.40. The number of hydrogen-bond acceptors (Lipinski definition) is 4. The van der Waals surface area contributed by atoms with Crippen LogP contribution in [0.4, 0.5) is 0 Å². The second-order valence-electron chi connectivity index (χ2n) is 4.10. The molecule has 0 aliphatic rings. The number of isocyanates is 1. The molecule has 0 unspecified atom stereocenters. The Morgan fingerprint density at radius 2 is 1.64 bits per heavy atom. The molecule has 14 heavy (non-hydrogen) atoms. The van der Waals surface area contributed by atoms with Crippen LogP contribution in [0.2, 0.25) is 6.04 Å². The lowest BCUT2D eigenvalue weighted by Gasteiger charge is -2.20. The smallest absolute Gasteiger partial charge is 0.320 e. The Kier molecular flexibility index (Phi) is 10.4. The summed E-state index contributed by atoms with van der Waals surface area (Å²) in [7, 11) is 2.19. The molecule has 84 valence electrons. The zero-order valence-electron chi connectivity index (χ0n) is 9.72. The number of nitrogens with one attached hydrogen (secondary N) is 1. The summed E-state index contributed by atoms with van der Waals surface area (Å²) in [5.74, 6) is 0. The Hall–Kier alpha value is -0.483. The van der Waals surface area contributed by atoms with Gasteiger partial charge in [0.1, 0.15) is 0 Å². The van der Waals surface area contributed by atoms with Crippen molar-refractivity contribution in [2.75, 3.05) is 14.2 Å². The lowest BCUT2D eigenvalue weighted by Crippen LogP contribution is -2.21. The van der Waals surface area contributed by atoms with Gasteiger partial charge in [-0.3, -0.25) is 0 Å². The first kappa shape index (κ1) is 16.0. The Bertz CT molecular complexity index is 158. The maximum Gasteiger partial charge on any atom is 0.320 e. The van der Waals surface area contributed by atoms with Crippen LogP contribution >= 0.6 is 0 Å². The van der Waals surface area contributed by atoms with Gasteiger partial charge in [-0.1, -0.05) is 20.8 Å². The highest BCUT2D eigenvalue weighted by Crippen LogP contribution is 2.22. The van der Waals surface area contributed by atoms with Crippen molar-refractivity contribution in [3.63, 3.8) is 0 Å².